The van der Waals surface area contributed by atoms with Crippen LogP contribution in [0, 0.1) is 0 Å². The van der Waals surface area contributed by atoms with Gasteiger partial charge in [-0.25, -0.2) is 4.79 Å². The SMILES string of the molecule is COc1ccc(C(=O)O)cc1C1=NC(c2ccc(Cl)cc2)C(c2ccc(Cl)cc2)N1. The van der Waals surface area contributed by atoms with Gasteiger partial charge in [-0.2, -0.15) is 0 Å². The Bertz CT molecular complexity index is 1110. The van der Waals surface area contributed by atoms with E-state index in [1.165, 1.54) is 6.07 Å². The summed E-state index contributed by atoms with van der Waals surface area (Å²) in [6, 6.07) is 19.4. The highest BCUT2D eigenvalue weighted by atomic mass is 35.5. The lowest BCUT2D eigenvalue weighted by Gasteiger charge is -2.20. The standard InChI is InChI=1S/C23H18Cl2N2O3/c1-30-19-11-6-15(23(28)29)12-18(19)22-26-20(13-2-7-16(24)8-3-13)21(27-22)14-4-9-17(25)10-5-14/h2-12,20-21H,1H3,(H,26,27)(H,28,29). The summed E-state index contributed by atoms with van der Waals surface area (Å²) in [5, 5.41) is 14.1. The van der Waals surface area contributed by atoms with Crippen LogP contribution in [-0.2, 0) is 0 Å². The van der Waals surface area contributed by atoms with Gasteiger partial charge < -0.3 is 15.2 Å². The van der Waals surface area contributed by atoms with Crippen LogP contribution in [0.2, 0.25) is 10.0 Å². The van der Waals surface area contributed by atoms with Crippen molar-refractivity contribution < 1.29 is 14.6 Å². The largest absolute Gasteiger partial charge is 0.496 e. The number of rotatable bonds is 5. The van der Waals surface area contributed by atoms with Crippen LogP contribution in [0.4, 0.5) is 0 Å². The van der Waals surface area contributed by atoms with Gasteiger partial charge in [0.05, 0.1) is 24.3 Å². The number of carbonyl (C=O) groups is 1. The Balaban J connectivity index is 1.80. The van der Waals surface area contributed by atoms with E-state index in [0.29, 0.717) is 27.2 Å². The van der Waals surface area contributed by atoms with E-state index in [4.69, 9.17) is 32.9 Å². The number of halogens is 2. The van der Waals surface area contributed by atoms with E-state index in [1.807, 2.05) is 48.5 Å². The summed E-state index contributed by atoms with van der Waals surface area (Å²) < 4.78 is 5.46. The van der Waals surface area contributed by atoms with Gasteiger partial charge in [0.2, 0.25) is 0 Å². The third-order valence-corrected chi connectivity index (χ3v) is 5.52. The van der Waals surface area contributed by atoms with Crippen LogP contribution in [0.1, 0.15) is 39.1 Å². The first-order valence-electron chi connectivity index (χ1n) is 9.23. The number of carboxylic acid groups (broad SMARTS) is 1. The topological polar surface area (TPSA) is 70.9 Å². The van der Waals surface area contributed by atoms with E-state index in [1.54, 1.807) is 19.2 Å². The number of amidine groups is 1. The van der Waals surface area contributed by atoms with Crippen molar-refractivity contribution in [2.45, 2.75) is 12.1 Å². The monoisotopic (exact) mass is 440 g/mol. The van der Waals surface area contributed by atoms with Crippen molar-refractivity contribution in [3.8, 4) is 5.75 Å². The van der Waals surface area contributed by atoms with Gasteiger partial charge in [-0.05, 0) is 53.6 Å². The van der Waals surface area contributed by atoms with Gasteiger partial charge in [0.25, 0.3) is 0 Å². The summed E-state index contributed by atoms with van der Waals surface area (Å²) in [4.78, 5) is 16.4. The maximum atomic E-state index is 11.5. The zero-order chi connectivity index (χ0) is 21.3. The second-order valence-corrected chi connectivity index (χ2v) is 7.74. The maximum Gasteiger partial charge on any atom is 0.335 e. The Morgan fingerprint density at radius 2 is 1.57 bits per heavy atom. The van der Waals surface area contributed by atoms with Crippen molar-refractivity contribution in [2.24, 2.45) is 4.99 Å². The molecule has 0 radical (unpaired) electrons. The molecule has 0 amide bonds. The smallest absolute Gasteiger partial charge is 0.335 e. The van der Waals surface area contributed by atoms with Gasteiger partial charge in [-0.3, -0.25) is 4.99 Å². The molecule has 0 fully saturated rings. The lowest BCUT2D eigenvalue weighted by Crippen LogP contribution is -2.25. The summed E-state index contributed by atoms with van der Waals surface area (Å²) in [5.74, 6) is 0.0914. The van der Waals surface area contributed by atoms with E-state index in [9.17, 15) is 9.90 Å². The van der Waals surface area contributed by atoms with Gasteiger partial charge in [-0.1, -0.05) is 47.5 Å². The molecule has 152 valence electrons. The van der Waals surface area contributed by atoms with Crippen LogP contribution in [-0.4, -0.2) is 24.0 Å². The number of carboxylic acids is 1. The first-order chi connectivity index (χ1) is 14.5. The summed E-state index contributed by atoms with van der Waals surface area (Å²) in [5.41, 5.74) is 2.74. The van der Waals surface area contributed by atoms with Crippen molar-refractivity contribution >= 4 is 35.0 Å². The van der Waals surface area contributed by atoms with Crippen LogP contribution in [0.25, 0.3) is 0 Å². The Hall–Kier alpha value is -3.02. The molecule has 30 heavy (non-hydrogen) atoms. The molecule has 4 rings (SSSR count). The third-order valence-electron chi connectivity index (χ3n) is 5.02. The van der Waals surface area contributed by atoms with Crippen LogP contribution >= 0.6 is 23.2 Å². The normalized spacial score (nSPS) is 17.9. The minimum atomic E-state index is -1.01. The third kappa shape index (κ3) is 3.99. The predicted molar refractivity (Wildman–Crippen MR) is 118 cm³/mol. The molecule has 3 aromatic carbocycles. The van der Waals surface area contributed by atoms with Crippen LogP contribution in [0.15, 0.2) is 71.7 Å². The first kappa shape index (κ1) is 20.3. The Morgan fingerprint density at radius 1 is 0.967 bits per heavy atom. The van der Waals surface area contributed by atoms with E-state index >= 15 is 0 Å². The molecule has 0 aromatic heterocycles. The van der Waals surface area contributed by atoms with E-state index < -0.39 is 5.97 Å². The average Bonchev–Trinajstić information content (AvgIpc) is 3.19. The van der Waals surface area contributed by atoms with Gasteiger partial charge in [-0.15, -0.1) is 0 Å². The predicted octanol–water partition coefficient (Wildman–Crippen LogP) is 5.53. The minimum Gasteiger partial charge on any atom is -0.496 e. The fourth-order valence-corrected chi connectivity index (χ4v) is 3.77. The maximum absolute atomic E-state index is 11.5. The molecule has 2 unspecified atom stereocenters. The second kappa shape index (κ2) is 8.38. The molecule has 1 aliphatic rings. The first-order valence-corrected chi connectivity index (χ1v) is 9.99. The van der Waals surface area contributed by atoms with Gasteiger partial charge >= 0.3 is 5.97 Å². The molecule has 2 atom stereocenters. The van der Waals surface area contributed by atoms with E-state index in [0.717, 1.165) is 11.1 Å². The highest BCUT2D eigenvalue weighted by Gasteiger charge is 2.33. The molecule has 5 nitrogen and oxygen atoms in total. The van der Waals surface area contributed by atoms with Gasteiger partial charge in [0.1, 0.15) is 17.6 Å². The van der Waals surface area contributed by atoms with Crippen LogP contribution in [0.5, 0.6) is 5.75 Å². The molecule has 0 bridgehead atoms. The molecule has 0 saturated heterocycles. The summed E-state index contributed by atoms with van der Waals surface area (Å²) in [6.07, 6.45) is 0. The molecule has 0 spiro atoms. The molecule has 3 aromatic rings. The molecular weight excluding hydrogens is 423 g/mol. The van der Waals surface area contributed by atoms with Crippen molar-refractivity contribution in [3.05, 3.63) is 99.0 Å². The minimum absolute atomic E-state index is 0.160. The molecule has 7 heteroatoms. The zero-order valence-electron chi connectivity index (χ0n) is 16.0. The number of benzene rings is 3. The lowest BCUT2D eigenvalue weighted by molar-refractivity contribution is 0.0697. The van der Waals surface area contributed by atoms with Gasteiger partial charge in [0, 0.05) is 10.0 Å². The van der Waals surface area contributed by atoms with Crippen LogP contribution < -0.4 is 10.1 Å². The number of aliphatic imine (C=N–C) groups is 1. The molecular formula is C23H18Cl2N2O3. The quantitative estimate of drug-likeness (QED) is 0.546. The molecule has 0 aliphatic carbocycles. The van der Waals surface area contributed by atoms with Crippen molar-refractivity contribution in [3.63, 3.8) is 0 Å². The molecule has 1 aliphatic heterocycles. The Labute approximate surface area is 183 Å². The summed E-state index contributed by atoms with van der Waals surface area (Å²) >= 11 is 12.1. The molecule has 1 heterocycles. The highest BCUT2D eigenvalue weighted by Crippen LogP contribution is 2.39. The Kier molecular flexibility index (Phi) is 5.66. The number of nitrogens with one attached hydrogen (secondary N) is 1. The zero-order valence-corrected chi connectivity index (χ0v) is 17.5. The number of methoxy groups -OCH3 is 1. The fourth-order valence-electron chi connectivity index (χ4n) is 3.51. The number of hydrogen-bond donors (Lipinski definition) is 2. The number of ether oxygens (including phenoxy) is 1. The van der Waals surface area contributed by atoms with Gasteiger partial charge in [0.15, 0.2) is 0 Å². The van der Waals surface area contributed by atoms with Crippen molar-refractivity contribution in [2.75, 3.05) is 7.11 Å². The number of hydrogen-bond acceptors (Lipinski definition) is 4. The highest BCUT2D eigenvalue weighted by molar-refractivity contribution is 6.30. The van der Waals surface area contributed by atoms with Crippen molar-refractivity contribution in [1.82, 2.24) is 5.32 Å². The average molecular weight is 441 g/mol. The van der Waals surface area contributed by atoms with E-state index in [-0.39, 0.29) is 17.6 Å². The molecule has 0 saturated carbocycles. The van der Waals surface area contributed by atoms with Crippen LogP contribution in [0.3, 0.4) is 0 Å². The number of nitrogens with zero attached hydrogens (tertiary/aromatic N) is 1. The summed E-state index contributed by atoms with van der Waals surface area (Å²) in [6.45, 7) is 0. The second-order valence-electron chi connectivity index (χ2n) is 6.87. The fraction of sp³-hybridized carbons (Fsp3) is 0.130. The molecule has 2 N–H and O–H groups in total. The lowest BCUT2D eigenvalue weighted by atomic mass is 9.95. The van der Waals surface area contributed by atoms with Crippen molar-refractivity contribution in [1.29, 1.82) is 0 Å². The van der Waals surface area contributed by atoms with E-state index in [2.05, 4.69) is 5.32 Å². The summed E-state index contributed by atoms with van der Waals surface area (Å²) in [7, 11) is 1.54. The number of aromatic carboxylic acids is 1. The Morgan fingerprint density at radius 3 is 2.13 bits per heavy atom.